The van der Waals surface area contributed by atoms with E-state index in [4.69, 9.17) is 21.3 Å². The number of nitrogens with zero attached hydrogens (tertiary/aromatic N) is 2. The molecule has 0 saturated carbocycles. The summed E-state index contributed by atoms with van der Waals surface area (Å²) in [4.78, 5) is 21.1. The number of aliphatic hydroxyl groups is 1. The number of anilines is 1. The molecule has 4 aromatic rings. The van der Waals surface area contributed by atoms with Gasteiger partial charge in [-0.2, -0.15) is 13.2 Å². The Morgan fingerprint density at radius 1 is 1.15 bits per heavy atom. The number of carbonyl (C=O) groups excluding carboxylic acids is 1. The third kappa shape index (κ3) is 5.83. The molecule has 0 aliphatic heterocycles. The number of alkyl halides is 3. The van der Waals surface area contributed by atoms with Gasteiger partial charge < -0.3 is 30.6 Å². The maximum absolute atomic E-state index is 13.3. The molecule has 2 aromatic heterocycles. The number of terminal acetylenes is 1. The zero-order valence-corrected chi connectivity index (χ0v) is 21.1. The molecule has 3 atom stereocenters. The van der Waals surface area contributed by atoms with Gasteiger partial charge in [0.25, 0.3) is 5.91 Å². The highest BCUT2D eigenvalue weighted by Crippen LogP contribution is 2.37. The van der Waals surface area contributed by atoms with Crippen LogP contribution in [0, 0.1) is 18.2 Å². The number of oxazole rings is 1. The summed E-state index contributed by atoms with van der Waals surface area (Å²) in [5, 5.41) is 15.8. The molecule has 0 aliphatic rings. The van der Waals surface area contributed by atoms with Crippen LogP contribution in [0.15, 0.2) is 52.9 Å². The van der Waals surface area contributed by atoms with Crippen molar-refractivity contribution in [3.05, 3.63) is 71.5 Å². The second-order valence-electron chi connectivity index (χ2n) is 8.64. The summed E-state index contributed by atoms with van der Waals surface area (Å²) in [6.07, 6.45) is -0.642. The fourth-order valence-electron chi connectivity index (χ4n) is 3.84. The monoisotopic (exact) mass is 557 g/mol. The van der Waals surface area contributed by atoms with Crippen molar-refractivity contribution in [2.75, 3.05) is 12.4 Å². The highest BCUT2D eigenvalue weighted by atomic mass is 19.4. The largest absolute Gasteiger partial charge is 0.494 e. The van der Waals surface area contributed by atoms with Crippen molar-refractivity contribution in [1.82, 2.24) is 15.3 Å². The highest BCUT2D eigenvalue weighted by molar-refractivity contribution is 5.98. The first-order chi connectivity index (χ1) is 18.9. The van der Waals surface area contributed by atoms with E-state index in [0.717, 1.165) is 6.07 Å². The zero-order valence-electron chi connectivity index (χ0n) is 21.1. The summed E-state index contributed by atoms with van der Waals surface area (Å²) in [5.74, 6) is 0.876. The Morgan fingerprint density at radius 2 is 1.85 bits per heavy atom. The van der Waals surface area contributed by atoms with E-state index in [0.29, 0.717) is 5.69 Å². The Morgan fingerprint density at radius 3 is 2.45 bits per heavy atom. The van der Waals surface area contributed by atoms with Crippen LogP contribution in [-0.2, 0) is 6.18 Å². The molecule has 5 N–H and O–H groups in total. The number of halogens is 4. The van der Waals surface area contributed by atoms with Crippen LogP contribution in [0.5, 0.6) is 5.75 Å². The Hall–Kier alpha value is -4.67. The lowest BCUT2D eigenvalue weighted by atomic mass is 10.1. The predicted molar refractivity (Wildman–Crippen MR) is 138 cm³/mol. The average Bonchev–Trinajstić information content (AvgIpc) is 3.37. The van der Waals surface area contributed by atoms with Crippen LogP contribution in [0.1, 0.15) is 34.9 Å². The summed E-state index contributed by atoms with van der Waals surface area (Å²) in [5.41, 5.74) is 5.12. The summed E-state index contributed by atoms with van der Waals surface area (Å²) in [6, 6.07) is 7.90. The number of hydrogen-bond acceptors (Lipinski definition) is 8. The maximum Gasteiger partial charge on any atom is 0.433 e. The number of amides is 1. The molecule has 0 fully saturated rings. The summed E-state index contributed by atoms with van der Waals surface area (Å²) in [7, 11) is 1.29. The van der Waals surface area contributed by atoms with E-state index in [1.54, 1.807) is 0 Å². The molecule has 2 heterocycles. The third-order valence-corrected chi connectivity index (χ3v) is 5.78. The quantitative estimate of drug-likeness (QED) is 0.144. The van der Waals surface area contributed by atoms with Crippen molar-refractivity contribution in [3.8, 4) is 29.5 Å². The molecule has 0 aliphatic carbocycles. The first-order valence-corrected chi connectivity index (χ1v) is 11.7. The van der Waals surface area contributed by atoms with Crippen LogP contribution in [0.4, 0.5) is 23.2 Å². The van der Waals surface area contributed by atoms with E-state index in [1.807, 2.05) is 0 Å². The average molecular weight is 558 g/mol. The molecule has 9 nitrogen and oxygen atoms in total. The number of benzene rings is 2. The van der Waals surface area contributed by atoms with Gasteiger partial charge in [-0.05, 0) is 55.5 Å². The third-order valence-electron chi connectivity index (χ3n) is 5.78. The van der Waals surface area contributed by atoms with Crippen molar-refractivity contribution in [3.63, 3.8) is 0 Å². The SMILES string of the molecule is C#C[C@H](NC(=O)c1nc(-c2ccc(OC)c3nc(C(F)(F)F)ccc23)oc1[C@H](C)N)C(O)Nc1ccc(F)cc1. The number of aliphatic hydroxyl groups excluding tert-OH is 1. The van der Waals surface area contributed by atoms with E-state index in [2.05, 4.69) is 26.5 Å². The molecule has 0 radical (unpaired) electrons. The summed E-state index contributed by atoms with van der Waals surface area (Å²) in [6.45, 7) is 1.54. The van der Waals surface area contributed by atoms with Crippen molar-refractivity contribution in [2.45, 2.75) is 31.4 Å². The number of pyridine rings is 1. The summed E-state index contributed by atoms with van der Waals surface area (Å²) < 4.78 is 64.0. The van der Waals surface area contributed by atoms with Crippen LogP contribution >= 0.6 is 0 Å². The normalized spacial score (nSPS) is 13.8. The van der Waals surface area contributed by atoms with Gasteiger partial charge in [0.1, 0.15) is 28.8 Å². The number of nitrogens with one attached hydrogen (secondary N) is 2. The maximum atomic E-state index is 13.3. The smallest absolute Gasteiger partial charge is 0.433 e. The van der Waals surface area contributed by atoms with Gasteiger partial charge in [-0.1, -0.05) is 5.92 Å². The number of fused-ring (bicyclic) bond motifs is 1. The molecule has 40 heavy (non-hydrogen) atoms. The van der Waals surface area contributed by atoms with Gasteiger partial charge in [-0.15, -0.1) is 6.42 Å². The van der Waals surface area contributed by atoms with E-state index in [9.17, 15) is 27.5 Å². The number of rotatable bonds is 8. The van der Waals surface area contributed by atoms with Gasteiger partial charge in [0, 0.05) is 16.6 Å². The Kier molecular flexibility index (Phi) is 7.94. The minimum Gasteiger partial charge on any atom is -0.494 e. The van der Waals surface area contributed by atoms with Gasteiger partial charge in [0.15, 0.2) is 17.7 Å². The van der Waals surface area contributed by atoms with Crippen molar-refractivity contribution < 1.29 is 36.6 Å². The molecule has 13 heteroatoms. The standard InChI is InChI=1S/C27H23F4N5O4/c1-4-18(24(37)33-15-7-5-14(28)6-8-15)34-25(38)22-23(13(2)32)40-26(36-22)17-9-11-19(39-3)21-16(17)10-12-20(35-21)27(29,30)31/h1,5-13,18,24,33,37H,32H2,2-3H3,(H,34,38)/t13-,18-,24?/m0/s1. The molecule has 4 rings (SSSR count). The van der Waals surface area contributed by atoms with Crippen LogP contribution in [-0.4, -0.2) is 40.4 Å². The van der Waals surface area contributed by atoms with Gasteiger partial charge in [0.05, 0.1) is 13.2 Å². The molecule has 0 spiro atoms. The van der Waals surface area contributed by atoms with E-state index >= 15 is 0 Å². The summed E-state index contributed by atoms with van der Waals surface area (Å²) >= 11 is 0. The van der Waals surface area contributed by atoms with Crippen molar-refractivity contribution >= 4 is 22.5 Å². The van der Waals surface area contributed by atoms with Crippen LogP contribution in [0.3, 0.4) is 0 Å². The van der Waals surface area contributed by atoms with Crippen molar-refractivity contribution in [2.24, 2.45) is 5.73 Å². The lowest BCUT2D eigenvalue weighted by Crippen LogP contribution is -2.46. The fraction of sp³-hybridized carbons (Fsp3) is 0.222. The number of aromatic nitrogens is 2. The number of nitrogens with two attached hydrogens (primary N) is 1. The second-order valence-corrected chi connectivity index (χ2v) is 8.64. The Bertz CT molecular complexity index is 1580. The highest BCUT2D eigenvalue weighted by Gasteiger charge is 2.33. The molecular weight excluding hydrogens is 534 g/mol. The van der Waals surface area contributed by atoms with Crippen LogP contribution < -0.4 is 21.1 Å². The Labute approximate surface area is 225 Å². The molecular formula is C27H23F4N5O4. The lowest BCUT2D eigenvalue weighted by Gasteiger charge is -2.21. The van der Waals surface area contributed by atoms with E-state index in [1.165, 1.54) is 56.5 Å². The number of methoxy groups -OCH3 is 1. The van der Waals surface area contributed by atoms with Gasteiger partial charge in [0.2, 0.25) is 5.89 Å². The number of carbonyl (C=O) groups is 1. The molecule has 0 bridgehead atoms. The van der Waals surface area contributed by atoms with Crippen LogP contribution in [0.2, 0.25) is 0 Å². The van der Waals surface area contributed by atoms with Gasteiger partial charge in [-0.3, -0.25) is 4.79 Å². The topological polar surface area (TPSA) is 136 Å². The minimum absolute atomic E-state index is 0.0342. The fourth-order valence-corrected chi connectivity index (χ4v) is 3.84. The van der Waals surface area contributed by atoms with E-state index in [-0.39, 0.29) is 39.6 Å². The number of hydrogen-bond donors (Lipinski definition) is 4. The lowest BCUT2D eigenvalue weighted by molar-refractivity contribution is -0.140. The first-order valence-electron chi connectivity index (χ1n) is 11.7. The second kappa shape index (κ2) is 11.2. The number of ether oxygens (including phenoxy) is 1. The van der Waals surface area contributed by atoms with Crippen molar-refractivity contribution in [1.29, 1.82) is 0 Å². The molecule has 1 amide bonds. The molecule has 0 saturated heterocycles. The predicted octanol–water partition coefficient (Wildman–Crippen LogP) is 4.24. The molecule has 208 valence electrons. The minimum atomic E-state index is -4.69. The zero-order chi connectivity index (χ0) is 29.2. The van der Waals surface area contributed by atoms with Gasteiger partial charge >= 0.3 is 6.18 Å². The van der Waals surface area contributed by atoms with Gasteiger partial charge in [-0.25, -0.2) is 14.4 Å². The first kappa shape index (κ1) is 28.3. The molecule has 1 unspecified atom stereocenters. The molecule has 2 aromatic carbocycles. The van der Waals surface area contributed by atoms with E-state index < -0.39 is 41.9 Å². The Balaban J connectivity index is 1.68. The van der Waals surface area contributed by atoms with Crippen LogP contribution in [0.25, 0.3) is 22.4 Å².